The third-order valence-corrected chi connectivity index (χ3v) is 2.62. The molecule has 0 unspecified atom stereocenters. The topological polar surface area (TPSA) is 55.1 Å². The van der Waals surface area contributed by atoms with Crippen LogP contribution in [0.15, 0.2) is 55.1 Å². The lowest BCUT2D eigenvalue weighted by atomic mass is 10.1. The Hall–Kier alpha value is -2.55. The molecule has 0 atom stereocenters. The van der Waals surface area contributed by atoms with E-state index in [2.05, 4.69) is 11.9 Å². The van der Waals surface area contributed by atoms with Crippen LogP contribution >= 0.6 is 0 Å². The highest BCUT2D eigenvalue weighted by Crippen LogP contribution is 2.18. The molecule has 3 N–H and O–H groups in total. The summed E-state index contributed by atoms with van der Waals surface area (Å²) in [5.74, 6) is -0.177. The maximum atomic E-state index is 12.0. The molecule has 0 aromatic heterocycles. The molecule has 0 heterocycles. The van der Waals surface area contributed by atoms with Crippen LogP contribution in [0.4, 0.5) is 11.4 Å². The van der Waals surface area contributed by atoms with Gasteiger partial charge in [-0.05, 0) is 29.8 Å². The predicted octanol–water partition coefficient (Wildman–Crippen LogP) is 3.16. The van der Waals surface area contributed by atoms with E-state index in [0.29, 0.717) is 16.9 Å². The zero-order chi connectivity index (χ0) is 13.0. The fourth-order valence-electron chi connectivity index (χ4n) is 1.58. The number of carbonyl (C=O) groups is 1. The van der Waals surface area contributed by atoms with Crippen LogP contribution in [0.1, 0.15) is 15.9 Å². The van der Waals surface area contributed by atoms with Crippen LogP contribution in [-0.4, -0.2) is 5.91 Å². The first kappa shape index (κ1) is 11.9. The number of nitrogen functional groups attached to an aromatic ring is 1. The molecule has 2 rings (SSSR count). The molecule has 0 fully saturated rings. The molecule has 1 amide bonds. The molecule has 2 aromatic carbocycles. The zero-order valence-corrected chi connectivity index (χ0v) is 9.89. The minimum Gasteiger partial charge on any atom is -0.397 e. The number of hydrogen-bond acceptors (Lipinski definition) is 2. The Balaban J connectivity index is 2.17. The highest BCUT2D eigenvalue weighted by molar-refractivity contribution is 6.05. The second-order valence-corrected chi connectivity index (χ2v) is 3.87. The maximum absolute atomic E-state index is 12.0. The Morgan fingerprint density at radius 2 is 1.78 bits per heavy atom. The lowest BCUT2D eigenvalue weighted by Crippen LogP contribution is -2.12. The summed E-state index contributed by atoms with van der Waals surface area (Å²) in [5.41, 5.74) is 8.50. The van der Waals surface area contributed by atoms with E-state index >= 15 is 0 Å². The molecule has 3 heteroatoms. The molecule has 0 spiro atoms. The lowest BCUT2D eigenvalue weighted by molar-refractivity contribution is 0.102. The van der Waals surface area contributed by atoms with E-state index in [9.17, 15) is 4.79 Å². The fourth-order valence-corrected chi connectivity index (χ4v) is 1.58. The van der Waals surface area contributed by atoms with E-state index in [4.69, 9.17) is 5.73 Å². The largest absolute Gasteiger partial charge is 0.397 e. The van der Waals surface area contributed by atoms with Crippen LogP contribution < -0.4 is 11.1 Å². The van der Waals surface area contributed by atoms with Crippen LogP contribution in [-0.2, 0) is 0 Å². The summed E-state index contributed by atoms with van der Waals surface area (Å²) in [5, 5.41) is 2.77. The quantitative estimate of drug-likeness (QED) is 0.807. The minimum absolute atomic E-state index is 0.177. The number of carbonyl (C=O) groups excluding carboxylic acids is 1. The summed E-state index contributed by atoms with van der Waals surface area (Å²) < 4.78 is 0. The predicted molar refractivity (Wildman–Crippen MR) is 75.3 cm³/mol. The van der Waals surface area contributed by atoms with Gasteiger partial charge in [0.25, 0.3) is 5.91 Å². The summed E-state index contributed by atoms with van der Waals surface area (Å²) in [4.78, 5) is 12.0. The van der Waals surface area contributed by atoms with Gasteiger partial charge in [0.05, 0.1) is 11.4 Å². The van der Waals surface area contributed by atoms with Crippen molar-refractivity contribution in [3.8, 4) is 0 Å². The normalized spacial score (nSPS) is 9.78. The molecule has 0 aliphatic heterocycles. The molecule has 0 aliphatic rings. The van der Waals surface area contributed by atoms with E-state index in [1.54, 1.807) is 30.3 Å². The highest BCUT2D eigenvalue weighted by Gasteiger charge is 2.06. The van der Waals surface area contributed by atoms with Gasteiger partial charge in [0.15, 0.2) is 0 Å². The Labute approximate surface area is 106 Å². The first-order valence-electron chi connectivity index (χ1n) is 5.59. The summed E-state index contributed by atoms with van der Waals surface area (Å²) in [6, 6.07) is 14.4. The molecular formula is C15H14N2O. The van der Waals surface area contributed by atoms with E-state index in [-0.39, 0.29) is 5.91 Å². The molecule has 3 nitrogen and oxygen atoms in total. The SMILES string of the molecule is C=Cc1ccc(C(=O)Nc2ccccc2N)cc1. The van der Waals surface area contributed by atoms with E-state index in [0.717, 1.165) is 5.56 Å². The van der Waals surface area contributed by atoms with Crippen LogP contribution in [0.5, 0.6) is 0 Å². The van der Waals surface area contributed by atoms with Crippen molar-refractivity contribution >= 4 is 23.4 Å². The number of nitrogens with two attached hydrogens (primary N) is 1. The maximum Gasteiger partial charge on any atom is 0.255 e. The molecule has 0 bridgehead atoms. The Morgan fingerprint density at radius 1 is 1.11 bits per heavy atom. The van der Waals surface area contributed by atoms with Gasteiger partial charge in [-0.1, -0.05) is 36.9 Å². The standard InChI is InChI=1S/C15H14N2O/c1-2-11-7-9-12(10-8-11)15(18)17-14-6-4-3-5-13(14)16/h2-10H,1,16H2,(H,17,18). The Bertz CT molecular complexity index is 573. The number of anilines is 2. The van der Waals surface area contributed by atoms with Crippen molar-refractivity contribution in [3.63, 3.8) is 0 Å². The summed E-state index contributed by atoms with van der Waals surface area (Å²) in [6.07, 6.45) is 1.73. The summed E-state index contributed by atoms with van der Waals surface area (Å²) in [7, 11) is 0. The first-order valence-corrected chi connectivity index (χ1v) is 5.59. The van der Waals surface area contributed by atoms with E-state index < -0.39 is 0 Å². The van der Waals surface area contributed by atoms with Crippen molar-refractivity contribution in [1.29, 1.82) is 0 Å². The number of amides is 1. The van der Waals surface area contributed by atoms with Gasteiger partial charge in [-0.25, -0.2) is 0 Å². The molecule has 0 aliphatic carbocycles. The third-order valence-electron chi connectivity index (χ3n) is 2.62. The van der Waals surface area contributed by atoms with Gasteiger partial charge in [-0.15, -0.1) is 0 Å². The second-order valence-electron chi connectivity index (χ2n) is 3.87. The molecule has 0 saturated carbocycles. The van der Waals surface area contributed by atoms with Gasteiger partial charge in [0, 0.05) is 5.56 Å². The van der Waals surface area contributed by atoms with Crippen LogP contribution in [0.3, 0.4) is 0 Å². The first-order chi connectivity index (χ1) is 8.70. The minimum atomic E-state index is -0.177. The number of benzene rings is 2. The van der Waals surface area contributed by atoms with Gasteiger partial charge in [0.2, 0.25) is 0 Å². The van der Waals surface area contributed by atoms with Gasteiger partial charge < -0.3 is 11.1 Å². The summed E-state index contributed by atoms with van der Waals surface area (Å²) >= 11 is 0. The van der Waals surface area contributed by atoms with Gasteiger partial charge >= 0.3 is 0 Å². The number of para-hydroxylation sites is 2. The van der Waals surface area contributed by atoms with E-state index in [1.807, 2.05) is 24.3 Å². The monoisotopic (exact) mass is 238 g/mol. The average molecular weight is 238 g/mol. The molecule has 18 heavy (non-hydrogen) atoms. The van der Waals surface area contributed by atoms with Crippen molar-refractivity contribution in [2.45, 2.75) is 0 Å². The van der Waals surface area contributed by atoms with Crippen LogP contribution in [0, 0.1) is 0 Å². The lowest BCUT2D eigenvalue weighted by Gasteiger charge is -2.07. The number of rotatable bonds is 3. The second kappa shape index (κ2) is 5.19. The van der Waals surface area contributed by atoms with Crippen molar-refractivity contribution in [3.05, 3.63) is 66.2 Å². The van der Waals surface area contributed by atoms with Gasteiger partial charge in [-0.3, -0.25) is 4.79 Å². The zero-order valence-electron chi connectivity index (χ0n) is 9.89. The van der Waals surface area contributed by atoms with Crippen molar-refractivity contribution in [1.82, 2.24) is 0 Å². The molecular weight excluding hydrogens is 224 g/mol. The smallest absolute Gasteiger partial charge is 0.255 e. The van der Waals surface area contributed by atoms with Gasteiger partial charge in [0.1, 0.15) is 0 Å². The number of nitrogens with one attached hydrogen (secondary N) is 1. The van der Waals surface area contributed by atoms with Crippen LogP contribution in [0.2, 0.25) is 0 Å². The van der Waals surface area contributed by atoms with Crippen molar-refractivity contribution in [2.24, 2.45) is 0 Å². The van der Waals surface area contributed by atoms with E-state index in [1.165, 1.54) is 0 Å². The van der Waals surface area contributed by atoms with Crippen molar-refractivity contribution < 1.29 is 4.79 Å². The third kappa shape index (κ3) is 2.58. The van der Waals surface area contributed by atoms with Crippen LogP contribution in [0.25, 0.3) is 6.08 Å². The average Bonchev–Trinajstić information content (AvgIpc) is 2.41. The molecule has 0 radical (unpaired) electrons. The Morgan fingerprint density at radius 3 is 2.39 bits per heavy atom. The molecule has 2 aromatic rings. The Kier molecular flexibility index (Phi) is 3.44. The summed E-state index contributed by atoms with van der Waals surface area (Å²) in [6.45, 7) is 3.67. The molecule has 90 valence electrons. The fraction of sp³-hybridized carbons (Fsp3) is 0. The molecule has 0 saturated heterocycles. The van der Waals surface area contributed by atoms with Gasteiger partial charge in [-0.2, -0.15) is 0 Å². The van der Waals surface area contributed by atoms with Crippen molar-refractivity contribution in [2.75, 3.05) is 11.1 Å². The number of hydrogen-bond donors (Lipinski definition) is 2. The highest BCUT2D eigenvalue weighted by atomic mass is 16.1.